The van der Waals surface area contributed by atoms with E-state index in [2.05, 4.69) is 81.8 Å². The van der Waals surface area contributed by atoms with Gasteiger partial charge in [0.2, 0.25) is 0 Å². The first-order chi connectivity index (χ1) is 11.3. The fraction of sp³-hybridized carbons (Fsp3) is 0.364. The van der Waals surface area contributed by atoms with Crippen LogP contribution in [0, 0.1) is 0 Å². The summed E-state index contributed by atoms with van der Waals surface area (Å²) in [7, 11) is 0. The molecule has 3 rings (SSSR count). The molecule has 2 heteroatoms. The maximum Gasteiger partial charge on any atom is 0.0507 e. The lowest BCUT2D eigenvalue weighted by Gasteiger charge is -2.19. The minimum absolute atomic E-state index is 0.192. The monoisotopic (exact) mass is 320 g/mol. The van der Waals surface area contributed by atoms with E-state index in [1.165, 1.54) is 27.6 Å². The van der Waals surface area contributed by atoms with Crippen molar-refractivity contribution in [2.24, 2.45) is 0 Å². The van der Waals surface area contributed by atoms with Gasteiger partial charge in [0, 0.05) is 23.8 Å². The van der Waals surface area contributed by atoms with Crippen LogP contribution in [0.25, 0.3) is 10.9 Å². The van der Waals surface area contributed by atoms with Crippen LogP contribution in [0.1, 0.15) is 57.2 Å². The summed E-state index contributed by atoms with van der Waals surface area (Å²) in [6.45, 7) is 12.1. The Hall–Kier alpha value is -2.22. The standard InChI is InChI=1S/C22H28N2/c1-15(2)20-14-24(21-12-18(23)10-11-19(20)21)13-16-6-8-17(9-7-16)22(3,4)5/h6-12,14-15H,13,23H2,1-5H3. The molecule has 3 aromatic rings. The van der Waals surface area contributed by atoms with Crippen LogP contribution in [-0.4, -0.2) is 4.57 Å². The highest BCUT2D eigenvalue weighted by molar-refractivity contribution is 5.87. The van der Waals surface area contributed by atoms with E-state index in [4.69, 9.17) is 5.73 Å². The largest absolute Gasteiger partial charge is 0.399 e. The summed E-state index contributed by atoms with van der Waals surface area (Å²) in [6, 6.07) is 15.2. The summed E-state index contributed by atoms with van der Waals surface area (Å²) in [5, 5.41) is 1.31. The van der Waals surface area contributed by atoms with Gasteiger partial charge in [0.1, 0.15) is 0 Å². The van der Waals surface area contributed by atoms with E-state index in [1.807, 2.05) is 6.07 Å². The molecule has 2 N–H and O–H groups in total. The summed E-state index contributed by atoms with van der Waals surface area (Å²) in [5.74, 6) is 0.501. The Kier molecular flexibility index (Phi) is 4.16. The van der Waals surface area contributed by atoms with Crippen LogP contribution in [0.2, 0.25) is 0 Å². The predicted molar refractivity (Wildman–Crippen MR) is 105 cm³/mol. The van der Waals surface area contributed by atoms with Gasteiger partial charge >= 0.3 is 0 Å². The van der Waals surface area contributed by atoms with Crippen molar-refractivity contribution in [1.82, 2.24) is 4.57 Å². The van der Waals surface area contributed by atoms with Crippen LogP contribution in [-0.2, 0) is 12.0 Å². The Morgan fingerprint density at radius 1 is 1.00 bits per heavy atom. The SMILES string of the molecule is CC(C)c1cn(Cc2ccc(C(C)(C)C)cc2)c2cc(N)ccc12. The third-order valence-corrected chi connectivity index (χ3v) is 4.73. The summed E-state index contributed by atoms with van der Waals surface area (Å²) in [6.07, 6.45) is 2.28. The van der Waals surface area contributed by atoms with Crippen LogP contribution in [0.3, 0.4) is 0 Å². The molecular formula is C22H28N2. The third kappa shape index (κ3) is 3.19. The first kappa shape index (κ1) is 16.6. The Labute approximate surface area is 145 Å². The molecule has 0 spiro atoms. The maximum absolute atomic E-state index is 6.03. The third-order valence-electron chi connectivity index (χ3n) is 4.73. The zero-order valence-corrected chi connectivity index (χ0v) is 15.4. The number of anilines is 1. The van der Waals surface area contributed by atoms with Gasteiger partial charge in [-0.3, -0.25) is 0 Å². The molecule has 1 aromatic heterocycles. The van der Waals surface area contributed by atoms with Gasteiger partial charge in [0.05, 0.1) is 5.52 Å². The number of hydrogen-bond acceptors (Lipinski definition) is 1. The second kappa shape index (κ2) is 6.01. The normalized spacial score (nSPS) is 12.2. The molecule has 0 saturated carbocycles. The molecule has 2 aromatic carbocycles. The van der Waals surface area contributed by atoms with Crippen molar-refractivity contribution in [2.45, 2.75) is 52.5 Å². The van der Waals surface area contributed by atoms with Crippen molar-refractivity contribution in [1.29, 1.82) is 0 Å². The Bertz CT molecular complexity index is 846. The van der Waals surface area contributed by atoms with Crippen LogP contribution in [0.4, 0.5) is 5.69 Å². The summed E-state index contributed by atoms with van der Waals surface area (Å²) >= 11 is 0. The molecule has 0 aliphatic rings. The lowest BCUT2D eigenvalue weighted by molar-refractivity contribution is 0.590. The van der Waals surface area contributed by atoms with Gasteiger partial charge < -0.3 is 10.3 Å². The maximum atomic E-state index is 6.03. The van der Waals surface area contributed by atoms with Crippen LogP contribution in [0.15, 0.2) is 48.7 Å². The molecule has 0 unspecified atom stereocenters. The molecule has 1 heterocycles. The molecule has 24 heavy (non-hydrogen) atoms. The number of rotatable bonds is 3. The average molecular weight is 320 g/mol. The zero-order valence-electron chi connectivity index (χ0n) is 15.4. The number of benzene rings is 2. The molecule has 0 aliphatic heterocycles. The van der Waals surface area contributed by atoms with E-state index < -0.39 is 0 Å². The Balaban J connectivity index is 1.99. The van der Waals surface area contributed by atoms with Crippen LogP contribution in [0.5, 0.6) is 0 Å². The number of nitrogens with two attached hydrogens (primary N) is 1. The number of aromatic nitrogens is 1. The first-order valence-electron chi connectivity index (χ1n) is 8.73. The van der Waals surface area contributed by atoms with Crippen LogP contribution < -0.4 is 5.73 Å². The van der Waals surface area contributed by atoms with Crippen molar-refractivity contribution in [3.8, 4) is 0 Å². The Morgan fingerprint density at radius 3 is 2.25 bits per heavy atom. The average Bonchev–Trinajstić information content (AvgIpc) is 2.85. The number of fused-ring (bicyclic) bond motifs is 1. The second-order valence-corrected chi connectivity index (χ2v) is 8.09. The Morgan fingerprint density at radius 2 is 1.67 bits per heavy atom. The molecule has 126 valence electrons. The predicted octanol–water partition coefficient (Wildman–Crippen LogP) is 5.69. The topological polar surface area (TPSA) is 30.9 Å². The molecule has 0 amide bonds. The zero-order chi connectivity index (χ0) is 17.5. The quantitative estimate of drug-likeness (QED) is 0.617. The molecule has 0 fully saturated rings. The molecule has 0 bridgehead atoms. The highest BCUT2D eigenvalue weighted by Gasteiger charge is 2.14. The molecule has 0 radical (unpaired) electrons. The lowest BCUT2D eigenvalue weighted by atomic mass is 9.87. The highest BCUT2D eigenvalue weighted by Crippen LogP contribution is 2.30. The van der Waals surface area contributed by atoms with Gasteiger partial charge in [-0.25, -0.2) is 0 Å². The van der Waals surface area contributed by atoms with E-state index in [1.54, 1.807) is 0 Å². The summed E-state index contributed by atoms with van der Waals surface area (Å²) in [5.41, 5.74) is 12.3. The molecule has 0 atom stereocenters. The lowest BCUT2D eigenvalue weighted by Crippen LogP contribution is -2.11. The van der Waals surface area contributed by atoms with Gasteiger partial charge in [-0.05, 0) is 40.2 Å². The van der Waals surface area contributed by atoms with Gasteiger partial charge in [-0.15, -0.1) is 0 Å². The summed E-state index contributed by atoms with van der Waals surface area (Å²) in [4.78, 5) is 0. The number of nitrogens with zero attached hydrogens (tertiary/aromatic N) is 1. The first-order valence-corrected chi connectivity index (χ1v) is 8.73. The number of hydrogen-bond donors (Lipinski definition) is 1. The minimum atomic E-state index is 0.192. The summed E-state index contributed by atoms with van der Waals surface area (Å²) < 4.78 is 2.33. The fourth-order valence-corrected chi connectivity index (χ4v) is 3.24. The van der Waals surface area contributed by atoms with Gasteiger partial charge in [-0.1, -0.05) is 65.0 Å². The van der Waals surface area contributed by atoms with E-state index in [-0.39, 0.29) is 5.41 Å². The molecular weight excluding hydrogens is 292 g/mol. The smallest absolute Gasteiger partial charge is 0.0507 e. The molecule has 0 saturated heterocycles. The number of nitrogen functional groups attached to an aromatic ring is 1. The van der Waals surface area contributed by atoms with Gasteiger partial charge in [-0.2, -0.15) is 0 Å². The van der Waals surface area contributed by atoms with Crippen molar-refractivity contribution in [2.75, 3.05) is 5.73 Å². The van der Waals surface area contributed by atoms with Crippen molar-refractivity contribution in [3.63, 3.8) is 0 Å². The van der Waals surface area contributed by atoms with E-state index in [9.17, 15) is 0 Å². The van der Waals surface area contributed by atoms with E-state index in [0.29, 0.717) is 5.92 Å². The van der Waals surface area contributed by atoms with E-state index >= 15 is 0 Å². The second-order valence-electron chi connectivity index (χ2n) is 8.09. The minimum Gasteiger partial charge on any atom is -0.399 e. The van der Waals surface area contributed by atoms with Crippen LogP contribution >= 0.6 is 0 Å². The van der Waals surface area contributed by atoms with Crippen molar-refractivity contribution < 1.29 is 0 Å². The van der Waals surface area contributed by atoms with Gasteiger partial charge in [0.25, 0.3) is 0 Å². The highest BCUT2D eigenvalue weighted by atomic mass is 15.0. The fourth-order valence-electron chi connectivity index (χ4n) is 3.24. The van der Waals surface area contributed by atoms with Crippen molar-refractivity contribution in [3.05, 3.63) is 65.4 Å². The molecule has 0 aliphatic carbocycles. The molecule has 2 nitrogen and oxygen atoms in total. The van der Waals surface area contributed by atoms with Crippen molar-refractivity contribution >= 4 is 16.6 Å². The van der Waals surface area contributed by atoms with Gasteiger partial charge in [0.15, 0.2) is 0 Å². The van der Waals surface area contributed by atoms with E-state index in [0.717, 1.165) is 12.2 Å².